The summed E-state index contributed by atoms with van der Waals surface area (Å²) in [5.74, 6) is 1.99. The monoisotopic (exact) mass is 506 g/mol. The Morgan fingerprint density at radius 3 is 2.32 bits per heavy atom. The molecule has 0 saturated carbocycles. The fourth-order valence-corrected chi connectivity index (χ4v) is 5.11. The fourth-order valence-electron chi connectivity index (χ4n) is 5.11. The van der Waals surface area contributed by atoms with Crippen LogP contribution in [0.15, 0.2) is 30.6 Å². The first-order valence-electron chi connectivity index (χ1n) is 13.4. The van der Waals surface area contributed by atoms with Crippen molar-refractivity contribution in [3.63, 3.8) is 0 Å². The smallest absolute Gasteiger partial charge is 0.229 e. The number of aliphatic hydroxyl groups excluding tert-OH is 2. The first kappa shape index (κ1) is 25.7. The molecule has 2 unspecified atom stereocenters. The van der Waals surface area contributed by atoms with Crippen LogP contribution in [0.3, 0.4) is 0 Å². The van der Waals surface area contributed by atoms with E-state index >= 15 is 0 Å². The average molecular weight is 507 g/mol. The van der Waals surface area contributed by atoms with Crippen molar-refractivity contribution in [3.05, 3.63) is 41.9 Å². The van der Waals surface area contributed by atoms with Crippen LogP contribution in [-0.2, 0) is 6.54 Å². The van der Waals surface area contributed by atoms with Gasteiger partial charge < -0.3 is 20.4 Å². The number of pyridine rings is 2. The summed E-state index contributed by atoms with van der Waals surface area (Å²) in [6, 6.07) is 5.93. The summed E-state index contributed by atoms with van der Waals surface area (Å²) in [6.07, 6.45) is 6.25. The number of hydrogen-bond donors (Lipinski definition) is 3. The van der Waals surface area contributed by atoms with Crippen LogP contribution in [0.25, 0.3) is 10.9 Å². The summed E-state index contributed by atoms with van der Waals surface area (Å²) >= 11 is 0. The van der Waals surface area contributed by atoms with E-state index in [0.717, 1.165) is 87.5 Å². The van der Waals surface area contributed by atoms with Crippen LogP contribution in [0.4, 0.5) is 17.6 Å². The molecule has 0 radical (unpaired) electrons. The summed E-state index contributed by atoms with van der Waals surface area (Å²) in [7, 11) is 0. The van der Waals surface area contributed by atoms with E-state index in [0.29, 0.717) is 17.5 Å². The van der Waals surface area contributed by atoms with Crippen LogP contribution < -0.4 is 10.2 Å². The molecule has 2 fully saturated rings. The maximum atomic E-state index is 10.2. The first-order valence-corrected chi connectivity index (χ1v) is 13.4. The lowest BCUT2D eigenvalue weighted by molar-refractivity contribution is 0.0780. The summed E-state index contributed by atoms with van der Waals surface area (Å²) in [4.78, 5) is 25.7. The maximum absolute atomic E-state index is 10.2. The number of nitrogens with one attached hydrogen (secondary N) is 1. The van der Waals surface area contributed by atoms with Gasteiger partial charge >= 0.3 is 0 Å². The molecule has 0 spiro atoms. The minimum absolute atomic E-state index is 0.281. The summed E-state index contributed by atoms with van der Waals surface area (Å²) in [6.45, 7) is 11.0. The molecule has 0 aromatic carbocycles. The van der Waals surface area contributed by atoms with Gasteiger partial charge in [0, 0.05) is 70.1 Å². The van der Waals surface area contributed by atoms with Crippen molar-refractivity contribution in [3.8, 4) is 0 Å². The van der Waals surface area contributed by atoms with E-state index in [4.69, 9.17) is 9.97 Å². The van der Waals surface area contributed by atoms with Gasteiger partial charge in [-0.3, -0.25) is 9.80 Å². The number of β-amino-alcohol motifs (C(OH)–C–C–N with tert-alkyl or cyclic N) is 1. The van der Waals surface area contributed by atoms with Crippen molar-refractivity contribution >= 4 is 28.5 Å². The molecule has 3 aromatic heterocycles. The van der Waals surface area contributed by atoms with Gasteiger partial charge in [0.2, 0.25) is 5.95 Å². The molecule has 198 valence electrons. The first-order chi connectivity index (χ1) is 17.9. The topological polar surface area (TPSA) is 114 Å². The number of nitrogens with zero attached hydrogens (tertiary/aromatic N) is 7. The number of piperazine rings is 1. The van der Waals surface area contributed by atoms with Gasteiger partial charge in [-0.05, 0) is 50.8 Å². The molecule has 0 aliphatic carbocycles. The molecule has 10 heteroatoms. The summed E-state index contributed by atoms with van der Waals surface area (Å²) in [5, 5.41) is 23.9. The van der Waals surface area contributed by atoms with Crippen LogP contribution in [-0.4, -0.2) is 91.9 Å². The van der Waals surface area contributed by atoms with Gasteiger partial charge in [-0.15, -0.1) is 0 Å². The molecule has 3 N–H and O–H groups in total. The normalized spacial score (nSPS) is 19.2. The van der Waals surface area contributed by atoms with Gasteiger partial charge in [-0.1, -0.05) is 6.07 Å². The molecule has 0 amide bonds. The zero-order valence-electron chi connectivity index (χ0n) is 21.8. The van der Waals surface area contributed by atoms with Gasteiger partial charge in [-0.2, -0.15) is 0 Å². The fraction of sp³-hybridized carbons (Fsp3) is 0.556. The Hall–Kier alpha value is -2.92. The van der Waals surface area contributed by atoms with Crippen LogP contribution >= 0.6 is 0 Å². The molecule has 2 aliphatic heterocycles. The highest BCUT2D eigenvalue weighted by Gasteiger charge is 2.20. The molecule has 5 rings (SSSR count). The standard InChI is InChI=1S/C27H38N8O2/c1-19(36)17-33-10-12-34(13-11-33)18-21-6-7-24(28-15-21)31-27-29-16-22-14-23(20(2)37)30-26(25(22)32-27)35-8-4-3-5-9-35/h6-7,14-16,19-20,36-37H,3-5,8-13,17-18H2,1-2H3,(H,28,29,31,32). The highest BCUT2D eigenvalue weighted by Crippen LogP contribution is 2.29. The largest absolute Gasteiger partial charge is 0.392 e. The van der Waals surface area contributed by atoms with E-state index in [-0.39, 0.29) is 6.10 Å². The number of aromatic nitrogens is 4. The zero-order valence-corrected chi connectivity index (χ0v) is 21.8. The Kier molecular flexibility index (Phi) is 8.09. The van der Waals surface area contributed by atoms with Crippen LogP contribution in [0.5, 0.6) is 0 Å². The van der Waals surface area contributed by atoms with Gasteiger partial charge in [0.1, 0.15) is 11.3 Å². The van der Waals surface area contributed by atoms with Gasteiger partial charge in [0.05, 0.1) is 17.9 Å². The van der Waals surface area contributed by atoms with Crippen molar-refractivity contribution in [1.82, 2.24) is 29.7 Å². The van der Waals surface area contributed by atoms with Crippen molar-refractivity contribution < 1.29 is 10.2 Å². The molecule has 2 saturated heterocycles. The molecule has 37 heavy (non-hydrogen) atoms. The van der Waals surface area contributed by atoms with E-state index in [9.17, 15) is 10.2 Å². The number of aliphatic hydroxyl groups is 2. The van der Waals surface area contributed by atoms with E-state index < -0.39 is 6.10 Å². The van der Waals surface area contributed by atoms with Crippen LogP contribution in [0, 0.1) is 0 Å². The second kappa shape index (κ2) is 11.6. The van der Waals surface area contributed by atoms with E-state index in [1.54, 1.807) is 13.1 Å². The second-order valence-corrected chi connectivity index (χ2v) is 10.3. The highest BCUT2D eigenvalue weighted by molar-refractivity contribution is 5.89. The van der Waals surface area contributed by atoms with Gasteiger partial charge in [0.25, 0.3) is 0 Å². The van der Waals surface area contributed by atoms with E-state index in [1.807, 2.05) is 25.3 Å². The summed E-state index contributed by atoms with van der Waals surface area (Å²) < 4.78 is 0. The third-order valence-electron chi connectivity index (χ3n) is 7.11. The number of anilines is 3. The highest BCUT2D eigenvalue weighted by atomic mass is 16.3. The average Bonchev–Trinajstić information content (AvgIpc) is 2.90. The number of piperidine rings is 1. The minimum Gasteiger partial charge on any atom is -0.392 e. The van der Waals surface area contributed by atoms with Gasteiger partial charge in [-0.25, -0.2) is 19.9 Å². The van der Waals surface area contributed by atoms with Crippen molar-refractivity contribution in [2.24, 2.45) is 0 Å². The Morgan fingerprint density at radius 2 is 1.65 bits per heavy atom. The quantitative estimate of drug-likeness (QED) is 0.421. The minimum atomic E-state index is -0.651. The zero-order chi connectivity index (χ0) is 25.8. The van der Waals surface area contributed by atoms with Crippen molar-refractivity contribution in [2.45, 2.75) is 51.9 Å². The third kappa shape index (κ3) is 6.51. The summed E-state index contributed by atoms with van der Waals surface area (Å²) in [5.41, 5.74) is 2.59. The SMILES string of the molecule is CC(O)CN1CCN(Cc2ccc(Nc3ncc4cc(C(C)O)nc(N5CCCCC5)c4n3)nc2)CC1. The van der Waals surface area contributed by atoms with Crippen molar-refractivity contribution in [1.29, 1.82) is 0 Å². The molecule has 0 bridgehead atoms. The maximum Gasteiger partial charge on any atom is 0.229 e. The number of hydrogen-bond acceptors (Lipinski definition) is 10. The Balaban J connectivity index is 1.27. The third-order valence-corrected chi connectivity index (χ3v) is 7.11. The Labute approximate surface area is 218 Å². The lowest BCUT2D eigenvalue weighted by atomic mass is 10.1. The van der Waals surface area contributed by atoms with Gasteiger partial charge in [0.15, 0.2) is 5.82 Å². The Morgan fingerprint density at radius 1 is 0.892 bits per heavy atom. The lowest BCUT2D eigenvalue weighted by Crippen LogP contribution is -2.47. The lowest BCUT2D eigenvalue weighted by Gasteiger charge is -2.35. The predicted octanol–water partition coefficient (Wildman–Crippen LogP) is 2.71. The number of rotatable bonds is 8. The van der Waals surface area contributed by atoms with Crippen LogP contribution in [0.2, 0.25) is 0 Å². The predicted molar refractivity (Wildman–Crippen MR) is 145 cm³/mol. The second-order valence-electron chi connectivity index (χ2n) is 10.3. The molecule has 3 aromatic rings. The molecule has 2 aliphatic rings. The molecule has 10 nitrogen and oxygen atoms in total. The molecule has 2 atom stereocenters. The molecular weight excluding hydrogens is 468 g/mol. The number of fused-ring (bicyclic) bond motifs is 1. The molecular formula is C27H38N8O2. The molecule has 5 heterocycles. The van der Waals surface area contributed by atoms with Crippen LogP contribution in [0.1, 0.15) is 50.5 Å². The van der Waals surface area contributed by atoms with Crippen molar-refractivity contribution in [2.75, 3.05) is 56.0 Å². The van der Waals surface area contributed by atoms with E-state index in [1.165, 1.54) is 6.42 Å². The Bertz CT molecular complexity index is 1170. The van der Waals surface area contributed by atoms with E-state index in [2.05, 4.69) is 36.1 Å².